The normalized spacial score (nSPS) is 35.7. The van der Waals surface area contributed by atoms with Gasteiger partial charge in [0.2, 0.25) is 6.19 Å². The molecule has 6 aliphatic rings. The predicted molar refractivity (Wildman–Crippen MR) is 157 cm³/mol. The number of nitrogens with zero attached hydrogens (tertiary/aromatic N) is 2. The quantitative estimate of drug-likeness (QED) is 0.289. The summed E-state index contributed by atoms with van der Waals surface area (Å²) in [6.07, 6.45) is 10.2. The molecule has 5 unspecified atom stereocenters. The van der Waals surface area contributed by atoms with Gasteiger partial charge in [0.25, 0.3) is 0 Å². The Bertz CT molecular complexity index is 1480. The minimum Gasteiger partial charge on any atom is -0.497 e. The van der Waals surface area contributed by atoms with E-state index in [9.17, 15) is 9.59 Å². The van der Waals surface area contributed by atoms with Crippen LogP contribution in [-0.4, -0.2) is 25.4 Å². The molecule has 6 aliphatic carbocycles. The molecule has 2 aromatic rings. The van der Waals surface area contributed by atoms with Gasteiger partial charge in [0.1, 0.15) is 11.5 Å². The van der Waals surface area contributed by atoms with Gasteiger partial charge in [-0.2, -0.15) is 10.3 Å². The lowest BCUT2D eigenvalue weighted by molar-refractivity contribution is -0.127. The van der Waals surface area contributed by atoms with Crippen LogP contribution in [0.4, 0.5) is 0 Å². The largest absolute Gasteiger partial charge is 0.497 e. The topological polar surface area (TPSA) is 79.5 Å². The van der Waals surface area contributed by atoms with Crippen LogP contribution in [-0.2, 0) is 15.0 Å². The first-order valence-electron chi connectivity index (χ1n) is 14.7. The summed E-state index contributed by atoms with van der Waals surface area (Å²) in [7, 11) is 1.71. The minimum absolute atomic E-state index is 0.136. The summed E-state index contributed by atoms with van der Waals surface area (Å²) in [5.74, 6) is 4.16. The molecule has 5 nitrogen and oxygen atoms in total. The Kier molecular flexibility index (Phi) is 5.81. The molecule has 0 amide bonds. The van der Waals surface area contributed by atoms with E-state index in [1.807, 2.05) is 23.5 Å². The van der Waals surface area contributed by atoms with Crippen LogP contribution in [0.2, 0.25) is 0 Å². The molecule has 3 bridgehead atoms. The lowest BCUT2D eigenvalue weighted by Gasteiger charge is -2.54. The van der Waals surface area contributed by atoms with E-state index in [0.717, 1.165) is 36.0 Å². The molecule has 0 radical (unpaired) electrons. The van der Waals surface area contributed by atoms with Gasteiger partial charge < -0.3 is 4.74 Å². The zero-order valence-electron chi connectivity index (χ0n) is 23.5. The maximum absolute atomic E-state index is 13.8. The van der Waals surface area contributed by atoms with Gasteiger partial charge in [-0.15, -0.1) is 11.3 Å². The summed E-state index contributed by atoms with van der Waals surface area (Å²) in [5.41, 5.74) is 5.04. The standard InChI is InChI=1S/C32H34O3S.C2H2N2/c1-16(33)27-28(19-4-5-19)25-13-26(18-6-8-24(35-3)9-7-18)36-30(25)32(29(27)17(2)34)22-11-20-10-21-12-23(32)15-31(20,21)14-22;1-4-2-3/h6-9,13,19-23,29H,4-5,10-12,14-15H2,1-3H3;1H2. The van der Waals surface area contributed by atoms with Gasteiger partial charge in [0.05, 0.1) is 13.0 Å². The lowest BCUT2D eigenvalue weighted by Crippen LogP contribution is -2.54. The van der Waals surface area contributed by atoms with Crippen molar-refractivity contribution in [1.82, 2.24) is 0 Å². The van der Waals surface area contributed by atoms with Crippen molar-refractivity contribution in [3.8, 4) is 22.4 Å². The van der Waals surface area contributed by atoms with E-state index in [-0.39, 0.29) is 22.9 Å². The molecular weight excluding hydrogens is 516 g/mol. The summed E-state index contributed by atoms with van der Waals surface area (Å²) < 4.78 is 5.42. The van der Waals surface area contributed by atoms with E-state index in [2.05, 4.69) is 29.9 Å². The van der Waals surface area contributed by atoms with Crippen LogP contribution in [0.3, 0.4) is 0 Å². The lowest BCUT2D eigenvalue weighted by atomic mass is 9.48. The third-order valence-electron chi connectivity index (χ3n) is 11.6. The van der Waals surface area contributed by atoms with Crippen molar-refractivity contribution in [3.63, 3.8) is 0 Å². The third-order valence-corrected chi connectivity index (χ3v) is 13.0. The number of hydrogen-bond donors (Lipinski definition) is 0. The molecule has 8 rings (SSSR count). The Morgan fingerprint density at radius 2 is 1.65 bits per heavy atom. The molecule has 1 aromatic heterocycles. The number of carbonyl (C=O) groups excluding carboxylic acids is 2. The van der Waals surface area contributed by atoms with Crippen molar-refractivity contribution in [2.45, 2.75) is 64.2 Å². The van der Waals surface area contributed by atoms with Crippen LogP contribution >= 0.6 is 11.3 Å². The molecule has 0 N–H and O–H groups in total. The Labute approximate surface area is 240 Å². The molecule has 5 fully saturated rings. The van der Waals surface area contributed by atoms with Crippen molar-refractivity contribution in [1.29, 1.82) is 5.26 Å². The van der Waals surface area contributed by atoms with E-state index in [4.69, 9.17) is 10.00 Å². The van der Waals surface area contributed by atoms with E-state index >= 15 is 0 Å². The molecular formula is C34H36N2O3S. The number of fused-ring (bicyclic) bond motifs is 6. The number of benzene rings is 1. The second-order valence-corrected chi connectivity index (χ2v) is 14.2. The van der Waals surface area contributed by atoms with Gasteiger partial charge in [-0.25, -0.2) is 0 Å². The Morgan fingerprint density at radius 1 is 1.05 bits per heavy atom. The molecule has 0 saturated heterocycles. The second kappa shape index (κ2) is 8.98. The van der Waals surface area contributed by atoms with Crippen LogP contribution in [0.5, 0.6) is 5.75 Å². The van der Waals surface area contributed by atoms with Crippen molar-refractivity contribution >= 4 is 35.2 Å². The maximum atomic E-state index is 13.8. The SMILES string of the molecule is C=NC#N.COc1ccc(-c2cc3c(s2)C2(C4CC5CC6CC2CC56C4)C(C(C)=O)C(C(C)=O)=C3C2CC2)cc1. The van der Waals surface area contributed by atoms with Crippen LogP contribution in [0.15, 0.2) is 40.9 Å². The van der Waals surface area contributed by atoms with Gasteiger partial charge in [0.15, 0.2) is 5.78 Å². The monoisotopic (exact) mass is 552 g/mol. The van der Waals surface area contributed by atoms with E-state index < -0.39 is 0 Å². The molecule has 2 spiro atoms. The minimum atomic E-state index is -0.260. The van der Waals surface area contributed by atoms with Crippen LogP contribution in [0, 0.1) is 52.4 Å². The molecule has 206 valence electrons. The highest BCUT2D eigenvalue weighted by atomic mass is 32.1. The highest BCUT2D eigenvalue weighted by molar-refractivity contribution is 7.16. The fourth-order valence-electron chi connectivity index (χ4n) is 10.3. The zero-order valence-corrected chi connectivity index (χ0v) is 24.4. The fourth-order valence-corrected chi connectivity index (χ4v) is 11.9. The number of hydrogen-bond acceptors (Lipinski definition) is 6. The highest BCUT2D eigenvalue weighted by Gasteiger charge is 2.76. The molecule has 1 heterocycles. The number of aliphatic imine (C=N–C) groups is 1. The summed E-state index contributed by atoms with van der Waals surface area (Å²) >= 11 is 1.94. The first-order valence-corrected chi connectivity index (χ1v) is 15.5. The Balaban J connectivity index is 0.000000623. The van der Waals surface area contributed by atoms with Crippen molar-refractivity contribution in [2.75, 3.05) is 7.11 Å². The highest BCUT2D eigenvalue weighted by Crippen LogP contribution is 2.82. The predicted octanol–water partition coefficient (Wildman–Crippen LogP) is 7.26. The van der Waals surface area contributed by atoms with E-state index in [1.165, 1.54) is 64.8 Å². The average molecular weight is 553 g/mol. The molecule has 0 aliphatic heterocycles. The van der Waals surface area contributed by atoms with Gasteiger partial charge in [-0.1, -0.05) is 0 Å². The molecule has 40 heavy (non-hydrogen) atoms. The number of carbonyl (C=O) groups is 2. The van der Waals surface area contributed by atoms with Gasteiger partial charge in [0, 0.05) is 27.5 Å². The number of nitriles is 1. The van der Waals surface area contributed by atoms with Crippen LogP contribution < -0.4 is 4.74 Å². The average Bonchev–Trinajstić information content (AvgIpc) is 3.57. The summed E-state index contributed by atoms with van der Waals surface area (Å²) in [6.45, 7) is 6.39. The molecule has 5 saturated carbocycles. The van der Waals surface area contributed by atoms with Gasteiger partial charge in [-0.05, 0) is 141 Å². The number of methoxy groups -OCH3 is 1. The number of thiophene rings is 1. The number of allylic oxidation sites excluding steroid dienone is 2. The van der Waals surface area contributed by atoms with E-state index in [1.54, 1.807) is 21.0 Å². The maximum Gasteiger partial charge on any atom is 0.205 e. The molecule has 1 aromatic carbocycles. The molecule has 5 atom stereocenters. The number of Topliss-reactive ketones (excluding diaryl/α,β-unsaturated/α-hetero) is 2. The molecule has 6 heteroatoms. The van der Waals surface area contributed by atoms with Crippen molar-refractivity contribution < 1.29 is 14.3 Å². The second-order valence-electron chi connectivity index (χ2n) is 13.1. The smallest absolute Gasteiger partial charge is 0.205 e. The first-order chi connectivity index (χ1) is 19.3. The van der Waals surface area contributed by atoms with E-state index in [0.29, 0.717) is 23.2 Å². The summed E-state index contributed by atoms with van der Waals surface area (Å²) in [5, 5.41) is 7.40. The van der Waals surface area contributed by atoms with Crippen molar-refractivity contribution in [2.24, 2.45) is 45.9 Å². The summed E-state index contributed by atoms with van der Waals surface area (Å²) in [6, 6.07) is 10.8. The third kappa shape index (κ3) is 3.27. The van der Waals surface area contributed by atoms with Crippen molar-refractivity contribution in [3.05, 3.63) is 46.3 Å². The Morgan fingerprint density at radius 3 is 2.15 bits per heavy atom. The Hall–Kier alpha value is -3.04. The number of ketones is 2. The summed E-state index contributed by atoms with van der Waals surface area (Å²) in [4.78, 5) is 32.8. The van der Waals surface area contributed by atoms with Crippen LogP contribution in [0.1, 0.15) is 69.2 Å². The fraction of sp³-hybridized carbons (Fsp3) is 0.529. The zero-order chi connectivity index (χ0) is 28.0. The van der Waals surface area contributed by atoms with Gasteiger partial charge >= 0.3 is 0 Å². The number of ether oxygens (including phenoxy) is 1. The number of rotatable bonds is 5. The first kappa shape index (κ1) is 25.9. The van der Waals surface area contributed by atoms with Crippen LogP contribution in [0.25, 0.3) is 16.0 Å². The van der Waals surface area contributed by atoms with Gasteiger partial charge in [-0.3, -0.25) is 9.59 Å².